The molecule has 0 unspecified atom stereocenters. The third-order valence-corrected chi connectivity index (χ3v) is 7.25. The maximum Gasteiger partial charge on any atom is 0.338 e. The van der Waals surface area contributed by atoms with E-state index in [0.29, 0.717) is 19.3 Å². The summed E-state index contributed by atoms with van der Waals surface area (Å²) in [5, 5.41) is 20.3. The van der Waals surface area contributed by atoms with Crippen LogP contribution in [0.2, 0.25) is 0 Å². The largest absolute Gasteiger partial charge is 0.479 e. The Labute approximate surface area is 182 Å². The van der Waals surface area contributed by atoms with E-state index in [2.05, 4.69) is 5.32 Å². The molecule has 0 aliphatic rings. The van der Waals surface area contributed by atoms with E-state index in [9.17, 15) is 18.9 Å². The molecule has 0 aliphatic heterocycles. The molecule has 1 rings (SSSR count). The first-order valence-corrected chi connectivity index (χ1v) is 12.0. The maximum atomic E-state index is 12.8. The van der Waals surface area contributed by atoms with E-state index in [1.165, 1.54) is 0 Å². The minimum atomic E-state index is -3.23. The summed E-state index contributed by atoms with van der Waals surface area (Å²) in [4.78, 5) is 35.1. The highest BCUT2D eigenvalue weighted by molar-refractivity contribution is 7.53. The summed E-state index contributed by atoms with van der Waals surface area (Å²) in [7, 11) is -3.23. The van der Waals surface area contributed by atoms with Gasteiger partial charge < -0.3 is 24.6 Å². The van der Waals surface area contributed by atoms with Gasteiger partial charge >= 0.3 is 19.5 Å². The van der Waals surface area contributed by atoms with Crippen molar-refractivity contribution in [3.05, 3.63) is 35.4 Å². The van der Waals surface area contributed by atoms with Crippen molar-refractivity contribution in [2.45, 2.75) is 59.2 Å². The van der Waals surface area contributed by atoms with E-state index in [1.807, 2.05) is 0 Å². The van der Waals surface area contributed by atoms with E-state index in [-0.39, 0.29) is 19.4 Å². The molecule has 1 aromatic carbocycles. The summed E-state index contributed by atoms with van der Waals surface area (Å²) in [6.45, 7) is 7.63. The van der Waals surface area contributed by atoms with E-state index in [4.69, 9.17) is 19.3 Å². The highest BCUT2D eigenvalue weighted by Gasteiger charge is 2.39. The quantitative estimate of drug-likeness (QED) is 0.285. The number of rotatable bonds is 14. The second kappa shape index (κ2) is 12.0. The number of carboxylic acid groups (broad SMARTS) is 2. The number of carbonyl (C=O) groups is 3. The molecule has 1 amide bonds. The molecule has 0 radical (unpaired) electrons. The first-order valence-electron chi connectivity index (χ1n) is 10.3. The topological polar surface area (TPSA) is 139 Å². The maximum absolute atomic E-state index is 12.8. The van der Waals surface area contributed by atoms with Crippen LogP contribution in [0.1, 0.15) is 51.7 Å². The lowest BCUT2D eigenvalue weighted by molar-refractivity contribution is -0.154. The summed E-state index contributed by atoms with van der Waals surface area (Å²) < 4.78 is 23.3. The van der Waals surface area contributed by atoms with Crippen LogP contribution >= 0.6 is 7.60 Å². The van der Waals surface area contributed by atoms with Gasteiger partial charge in [0.05, 0.1) is 24.8 Å². The highest BCUT2D eigenvalue weighted by Crippen LogP contribution is 2.51. The first kappa shape index (κ1) is 26.8. The van der Waals surface area contributed by atoms with Crippen LogP contribution in [0.3, 0.4) is 0 Å². The molecule has 0 atom stereocenters. The zero-order valence-corrected chi connectivity index (χ0v) is 19.3. The molecule has 0 fully saturated rings. The van der Waals surface area contributed by atoms with Crippen LogP contribution in [-0.4, -0.2) is 47.3 Å². The molecule has 10 heteroatoms. The van der Waals surface area contributed by atoms with Crippen LogP contribution in [0.5, 0.6) is 0 Å². The lowest BCUT2D eigenvalue weighted by atomic mass is 9.76. The van der Waals surface area contributed by atoms with Crippen LogP contribution in [-0.2, 0) is 40.6 Å². The van der Waals surface area contributed by atoms with Gasteiger partial charge in [-0.25, -0.2) is 9.59 Å². The van der Waals surface area contributed by atoms with Gasteiger partial charge in [-0.3, -0.25) is 9.36 Å². The predicted octanol–water partition coefficient (Wildman–Crippen LogP) is 3.46. The van der Waals surface area contributed by atoms with Gasteiger partial charge in [0.1, 0.15) is 0 Å². The number of carbonyl (C=O) groups excluding carboxylic acids is 1. The highest BCUT2D eigenvalue weighted by atomic mass is 31.2. The van der Waals surface area contributed by atoms with Gasteiger partial charge in [-0.05, 0) is 44.2 Å². The average Bonchev–Trinajstić information content (AvgIpc) is 2.71. The molecule has 0 aromatic heterocycles. The molecule has 3 N–H and O–H groups in total. The summed E-state index contributed by atoms with van der Waals surface area (Å²) in [5.41, 5.74) is 0.609. The fraction of sp³-hybridized carbons (Fsp3) is 0.571. The summed E-state index contributed by atoms with van der Waals surface area (Å²) in [5.74, 6) is -3.87. The fourth-order valence-corrected chi connectivity index (χ4v) is 5.02. The van der Waals surface area contributed by atoms with Gasteiger partial charge in [0.25, 0.3) is 0 Å². The van der Waals surface area contributed by atoms with Crippen molar-refractivity contribution >= 4 is 25.4 Å². The minimum absolute atomic E-state index is 0.126. The second-order valence-corrected chi connectivity index (χ2v) is 9.22. The standard InChI is InChI=1S/C21H32NO8P/c1-5-21(6-2,20(27)22-17(18(23)24)19(25)26)13-15-9-11-16(12-10-15)14-31(28,29-7-3)30-8-4/h9-12,17H,5-8,13-14H2,1-4H3,(H,22,27)(H,23,24)(H,25,26). The van der Waals surface area contributed by atoms with Crippen molar-refractivity contribution in [1.29, 1.82) is 0 Å². The third kappa shape index (κ3) is 7.45. The van der Waals surface area contributed by atoms with Gasteiger partial charge in [0.2, 0.25) is 11.9 Å². The SMILES string of the molecule is CCOP(=O)(Cc1ccc(CC(CC)(CC)C(=O)NC(C(=O)O)C(=O)O)cc1)OCC. The number of aliphatic carboxylic acids is 2. The predicted molar refractivity (Wildman–Crippen MR) is 115 cm³/mol. The Morgan fingerprint density at radius 1 is 0.935 bits per heavy atom. The summed E-state index contributed by atoms with van der Waals surface area (Å²) in [6.07, 6.45) is 1.22. The van der Waals surface area contributed by atoms with Crippen LogP contribution in [0.15, 0.2) is 24.3 Å². The van der Waals surface area contributed by atoms with Crippen molar-refractivity contribution in [2.24, 2.45) is 5.41 Å². The van der Waals surface area contributed by atoms with Crippen LogP contribution in [0, 0.1) is 5.41 Å². The van der Waals surface area contributed by atoms with Gasteiger partial charge in [0, 0.05) is 0 Å². The Balaban J connectivity index is 3.03. The molecule has 0 aliphatic carbocycles. The number of nitrogens with one attached hydrogen (secondary N) is 1. The van der Waals surface area contributed by atoms with E-state index in [0.717, 1.165) is 11.1 Å². The number of carboxylic acids is 2. The second-order valence-electron chi connectivity index (χ2n) is 7.17. The Bertz CT molecular complexity index is 780. The van der Waals surface area contributed by atoms with Gasteiger partial charge in [-0.1, -0.05) is 38.1 Å². The Hall–Kier alpha value is -2.22. The fourth-order valence-electron chi connectivity index (χ4n) is 3.31. The van der Waals surface area contributed by atoms with Crippen LogP contribution in [0.25, 0.3) is 0 Å². The number of hydrogen-bond donors (Lipinski definition) is 3. The molecule has 0 bridgehead atoms. The molecule has 0 saturated heterocycles. The van der Waals surface area contributed by atoms with Crippen molar-refractivity contribution in [1.82, 2.24) is 5.32 Å². The molecule has 9 nitrogen and oxygen atoms in total. The lowest BCUT2D eigenvalue weighted by Gasteiger charge is -2.31. The summed E-state index contributed by atoms with van der Waals surface area (Å²) >= 11 is 0. The van der Waals surface area contributed by atoms with Crippen molar-refractivity contribution < 1.29 is 38.2 Å². The zero-order valence-electron chi connectivity index (χ0n) is 18.4. The van der Waals surface area contributed by atoms with Gasteiger partial charge in [0.15, 0.2) is 0 Å². The Kier molecular flexibility index (Phi) is 10.4. The van der Waals surface area contributed by atoms with Gasteiger partial charge in [-0.2, -0.15) is 0 Å². The molecule has 0 heterocycles. The smallest absolute Gasteiger partial charge is 0.338 e. The summed E-state index contributed by atoms with van der Waals surface area (Å²) in [6, 6.07) is 5.17. The van der Waals surface area contributed by atoms with Gasteiger partial charge in [-0.15, -0.1) is 0 Å². The number of hydrogen-bond acceptors (Lipinski definition) is 6. The normalized spacial score (nSPS) is 12.0. The van der Waals surface area contributed by atoms with E-state index >= 15 is 0 Å². The Morgan fingerprint density at radius 2 is 1.39 bits per heavy atom. The average molecular weight is 457 g/mol. The first-order chi connectivity index (χ1) is 14.6. The molecule has 0 saturated carbocycles. The molecular weight excluding hydrogens is 425 g/mol. The van der Waals surface area contributed by atoms with Crippen molar-refractivity contribution in [2.75, 3.05) is 13.2 Å². The van der Waals surface area contributed by atoms with E-state index in [1.54, 1.807) is 52.0 Å². The molecule has 31 heavy (non-hydrogen) atoms. The third-order valence-electron chi connectivity index (χ3n) is 5.20. The minimum Gasteiger partial charge on any atom is -0.479 e. The van der Waals surface area contributed by atoms with Crippen molar-refractivity contribution in [3.63, 3.8) is 0 Å². The zero-order chi connectivity index (χ0) is 23.7. The number of benzene rings is 1. The van der Waals surface area contributed by atoms with Crippen molar-refractivity contribution in [3.8, 4) is 0 Å². The number of amides is 1. The molecule has 0 spiro atoms. The molecular formula is C21H32NO8P. The monoisotopic (exact) mass is 457 g/mol. The molecule has 174 valence electrons. The van der Waals surface area contributed by atoms with Crippen LogP contribution < -0.4 is 5.32 Å². The Morgan fingerprint density at radius 3 is 1.77 bits per heavy atom. The van der Waals surface area contributed by atoms with E-state index < -0.39 is 36.9 Å². The van der Waals surface area contributed by atoms with Crippen LogP contribution in [0.4, 0.5) is 0 Å². The lowest BCUT2D eigenvalue weighted by Crippen LogP contribution is -2.52. The molecule has 1 aromatic rings.